The van der Waals surface area contributed by atoms with Crippen LogP contribution >= 0.6 is 0 Å². The van der Waals surface area contributed by atoms with Crippen LogP contribution in [-0.2, 0) is 28.7 Å². The van der Waals surface area contributed by atoms with Crippen LogP contribution in [0.25, 0.3) is 0 Å². The molecule has 0 unspecified atom stereocenters. The molecule has 3 heterocycles. The number of anilines is 3. The van der Waals surface area contributed by atoms with Gasteiger partial charge in [0, 0.05) is 45.3 Å². The smallest absolute Gasteiger partial charge is 0.471 e. The Morgan fingerprint density at radius 2 is 1.85 bits per heavy atom. The number of carbonyl (C=O) groups is 2. The molecule has 1 fully saturated rings. The number of benzene rings is 1. The number of amides is 2. The molecule has 0 atom stereocenters. The topological polar surface area (TPSA) is 99.7 Å². The summed E-state index contributed by atoms with van der Waals surface area (Å²) in [6.45, 7) is 0.775. The lowest BCUT2D eigenvalue weighted by Crippen LogP contribution is -2.43. The van der Waals surface area contributed by atoms with Gasteiger partial charge in [0.1, 0.15) is 17.1 Å². The second-order valence-corrected chi connectivity index (χ2v) is 9.49. The number of hydrogen-bond acceptors (Lipinski definition) is 7. The summed E-state index contributed by atoms with van der Waals surface area (Å²) in [5, 5.41) is 5.53. The third-order valence-electron chi connectivity index (χ3n) is 6.72. The van der Waals surface area contributed by atoms with Crippen molar-refractivity contribution in [1.82, 2.24) is 19.8 Å². The number of ether oxygens (including phenoxy) is 1. The molecule has 1 aromatic carbocycles. The van der Waals surface area contributed by atoms with E-state index in [1.807, 2.05) is 0 Å². The van der Waals surface area contributed by atoms with Crippen molar-refractivity contribution >= 4 is 29.3 Å². The van der Waals surface area contributed by atoms with Gasteiger partial charge in [0.05, 0.1) is 12.8 Å². The maximum Gasteiger partial charge on any atom is 0.471 e. The molecule has 2 aliphatic rings. The molecule has 1 saturated heterocycles. The number of aromatic nitrogens is 2. The molecule has 218 valence electrons. The summed E-state index contributed by atoms with van der Waals surface area (Å²) >= 11 is 0. The molecule has 15 heteroatoms. The lowest BCUT2D eigenvalue weighted by Gasteiger charge is -2.30. The van der Waals surface area contributed by atoms with E-state index in [1.165, 1.54) is 13.2 Å². The van der Waals surface area contributed by atoms with Gasteiger partial charge in [-0.3, -0.25) is 9.59 Å². The highest BCUT2D eigenvalue weighted by atomic mass is 19.4. The molecule has 0 saturated carbocycles. The van der Waals surface area contributed by atoms with E-state index in [0.717, 1.165) is 12.8 Å². The highest BCUT2D eigenvalue weighted by molar-refractivity contribution is 5.82. The third kappa shape index (κ3) is 6.86. The average molecular weight is 575 g/mol. The van der Waals surface area contributed by atoms with Gasteiger partial charge < -0.3 is 25.2 Å². The summed E-state index contributed by atoms with van der Waals surface area (Å²) in [4.78, 5) is 33.8. The van der Waals surface area contributed by atoms with E-state index >= 15 is 0 Å². The Morgan fingerprint density at radius 1 is 1.07 bits per heavy atom. The quantitative estimate of drug-likeness (QED) is 0.354. The largest absolute Gasteiger partial charge is 0.495 e. The number of rotatable bonds is 8. The van der Waals surface area contributed by atoms with Crippen LogP contribution in [0.3, 0.4) is 0 Å². The first-order valence-corrected chi connectivity index (χ1v) is 12.7. The van der Waals surface area contributed by atoms with Gasteiger partial charge >= 0.3 is 18.3 Å². The molecule has 0 spiro atoms. The van der Waals surface area contributed by atoms with Crippen LogP contribution in [-0.4, -0.2) is 71.0 Å². The van der Waals surface area contributed by atoms with E-state index in [-0.39, 0.29) is 43.7 Å². The van der Waals surface area contributed by atoms with Gasteiger partial charge in [-0.1, -0.05) is 0 Å². The molecule has 2 N–H and O–H groups in total. The lowest BCUT2D eigenvalue weighted by atomic mass is 9.98. The molecule has 1 aromatic heterocycles. The summed E-state index contributed by atoms with van der Waals surface area (Å²) in [5.74, 6) is -2.31. The average Bonchev–Trinajstić information content (AvgIpc) is 2.90. The minimum atomic E-state index is -4.99. The Kier molecular flexibility index (Phi) is 8.59. The minimum absolute atomic E-state index is 0.0365. The Bertz CT molecular complexity index is 1250. The van der Waals surface area contributed by atoms with Crippen LogP contribution < -0.4 is 15.4 Å². The summed E-state index contributed by atoms with van der Waals surface area (Å²) < 4.78 is 84.8. The van der Waals surface area contributed by atoms with Gasteiger partial charge in [-0.15, -0.1) is 0 Å². The van der Waals surface area contributed by atoms with Crippen molar-refractivity contribution in [2.45, 2.75) is 51.0 Å². The Balaban J connectivity index is 1.49. The molecule has 9 nitrogen and oxygen atoms in total. The van der Waals surface area contributed by atoms with E-state index < -0.39 is 29.6 Å². The molecule has 4 rings (SSSR count). The van der Waals surface area contributed by atoms with Gasteiger partial charge in [0.25, 0.3) is 0 Å². The molecule has 2 amide bonds. The number of halogens is 6. The van der Waals surface area contributed by atoms with Crippen molar-refractivity contribution in [2.75, 3.05) is 43.9 Å². The Hall–Kier alpha value is -3.78. The molecule has 0 bridgehead atoms. The van der Waals surface area contributed by atoms with Gasteiger partial charge in [0.2, 0.25) is 11.9 Å². The van der Waals surface area contributed by atoms with Crippen molar-refractivity contribution < 1.29 is 40.7 Å². The van der Waals surface area contributed by atoms with Crippen molar-refractivity contribution in [3.63, 3.8) is 0 Å². The van der Waals surface area contributed by atoms with Crippen molar-refractivity contribution in [3.8, 4) is 5.75 Å². The molecule has 0 aliphatic carbocycles. The summed E-state index contributed by atoms with van der Waals surface area (Å²) in [5.41, 5.74) is 0.339. The first kappa shape index (κ1) is 29.2. The monoisotopic (exact) mass is 574 g/mol. The first-order chi connectivity index (χ1) is 18.9. The molecular formula is C25H28F6N6O3. The molecule has 40 heavy (non-hydrogen) atoms. The van der Waals surface area contributed by atoms with Gasteiger partial charge in [-0.2, -0.15) is 31.3 Å². The number of nitrogens with one attached hydrogen (secondary N) is 2. The predicted octanol–water partition coefficient (Wildman–Crippen LogP) is 4.51. The third-order valence-corrected chi connectivity index (χ3v) is 6.72. The molecule has 2 aromatic rings. The second kappa shape index (κ2) is 11.8. The van der Waals surface area contributed by atoms with Gasteiger partial charge in [-0.25, -0.2) is 4.98 Å². The van der Waals surface area contributed by atoms with E-state index in [9.17, 15) is 35.9 Å². The Labute approximate surface area is 225 Å². The zero-order chi connectivity index (χ0) is 29.1. The fourth-order valence-electron chi connectivity index (χ4n) is 4.69. The summed E-state index contributed by atoms with van der Waals surface area (Å²) in [6.07, 6.45) is -6.29. The first-order valence-electron chi connectivity index (χ1n) is 12.7. The standard InChI is InChI=1S/C25H28F6N6O3/c1-40-19-12-16-14-37(22(39)25(29,30)31)10-6-15(16)11-18(19)34-23-33-13-17(24(26,27)28)21(35-23)32-7-4-9-36-8-3-2-5-20(36)38/h11-13H,2-10,14H2,1H3,(H2,32,33,34,35). The zero-order valence-corrected chi connectivity index (χ0v) is 21.6. The number of hydrogen-bond donors (Lipinski definition) is 2. The normalized spacial score (nSPS) is 16.0. The van der Waals surface area contributed by atoms with E-state index in [2.05, 4.69) is 20.6 Å². The fourth-order valence-corrected chi connectivity index (χ4v) is 4.69. The summed E-state index contributed by atoms with van der Waals surface area (Å²) in [7, 11) is 1.32. The highest BCUT2D eigenvalue weighted by Crippen LogP contribution is 2.36. The maximum absolute atomic E-state index is 13.6. The lowest BCUT2D eigenvalue weighted by molar-refractivity contribution is -0.186. The number of methoxy groups -OCH3 is 1. The van der Waals surface area contributed by atoms with E-state index in [1.54, 1.807) is 11.0 Å². The van der Waals surface area contributed by atoms with Gasteiger partial charge in [0.15, 0.2) is 0 Å². The molecule has 0 radical (unpaired) electrons. The highest BCUT2D eigenvalue weighted by Gasteiger charge is 2.43. The van der Waals surface area contributed by atoms with Gasteiger partial charge in [-0.05, 0) is 48.9 Å². The molecular weight excluding hydrogens is 546 g/mol. The number of piperidine rings is 1. The van der Waals surface area contributed by atoms with Crippen LogP contribution in [0, 0.1) is 0 Å². The second-order valence-electron chi connectivity index (χ2n) is 9.49. The summed E-state index contributed by atoms with van der Waals surface area (Å²) in [6, 6.07) is 3.06. The number of carbonyl (C=O) groups excluding carboxylic acids is 2. The number of fused-ring (bicyclic) bond motifs is 1. The number of likely N-dealkylation sites (tertiary alicyclic amines) is 1. The Morgan fingerprint density at radius 3 is 2.52 bits per heavy atom. The SMILES string of the molecule is COc1cc2c(cc1Nc1ncc(C(F)(F)F)c(NCCCN3CCCCC3=O)n1)CCN(C(=O)C(F)(F)F)C2. The van der Waals surface area contributed by atoms with Crippen LogP contribution in [0.15, 0.2) is 18.3 Å². The van der Waals surface area contributed by atoms with Crippen LogP contribution in [0.2, 0.25) is 0 Å². The zero-order valence-electron chi connectivity index (χ0n) is 21.6. The number of nitrogens with zero attached hydrogens (tertiary/aromatic N) is 4. The maximum atomic E-state index is 13.6. The minimum Gasteiger partial charge on any atom is -0.495 e. The van der Waals surface area contributed by atoms with Crippen LogP contribution in [0.1, 0.15) is 42.4 Å². The van der Waals surface area contributed by atoms with Crippen molar-refractivity contribution in [1.29, 1.82) is 0 Å². The predicted molar refractivity (Wildman–Crippen MR) is 132 cm³/mol. The number of alkyl halides is 6. The van der Waals surface area contributed by atoms with Crippen molar-refractivity contribution in [3.05, 3.63) is 35.0 Å². The van der Waals surface area contributed by atoms with E-state index in [0.29, 0.717) is 53.8 Å². The van der Waals surface area contributed by atoms with E-state index in [4.69, 9.17) is 4.74 Å². The van der Waals surface area contributed by atoms with Crippen LogP contribution in [0.5, 0.6) is 5.75 Å². The van der Waals surface area contributed by atoms with Crippen LogP contribution in [0.4, 0.5) is 43.8 Å². The molecule has 2 aliphatic heterocycles. The fraction of sp³-hybridized carbons (Fsp3) is 0.520. The van der Waals surface area contributed by atoms with Crippen molar-refractivity contribution in [2.24, 2.45) is 0 Å².